The molecule has 0 aliphatic heterocycles. The Morgan fingerprint density at radius 1 is 1.36 bits per heavy atom. The van der Waals surface area contributed by atoms with E-state index in [-0.39, 0.29) is 24.5 Å². The van der Waals surface area contributed by atoms with Crippen LogP contribution in [0.1, 0.15) is 17.3 Å². The first-order valence-corrected chi connectivity index (χ1v) is 3.76. The van der Waals surface area contributed by atoms with Gasteiger partial charge in [0.2, 0.25) is 0 Å². The normalized spacial score (nSPS) is 8.07. The van der Waals surface area contributed by atoms with Crippen molar-refractivity contribution in [3.05, 3.63) is 29.8 Å². The Hall–Kier alpha value is -1.26. The van der Waals surface area contributed by atoms with E-state index in [9.17, 15) is 4.79 Å². The van der Waals surface area contributed by atoms with Crippen molar-refractivity contribution in [1.29, 1.82) is 0 Å². The van der Waals surface area contributed by atoms with Crippen molar-refractivity contribution in [2.24, 2.45) is 0 Å². The number of rotatable bonds is 2. The summed E-state index contributed by atoms with van der Waals surface area (Å²) in [7, 11) is 0. The van der Waals surface area contributed by atoms with Gasteiger partial charge >= 0.3 is 5.97 Å². The molecule has 0 saturated carbocycles. The molecule has 0 saturated heterocycles. The number of nitrogens with two attached hydrogens (primary N) is 1. The largest absolute Gasteiger partial charge is 0.462 e. The highest BCUT2D eigenvalue weighted by molar-refractivity contribution is 5.89. The van der Waals surface area contributed by atoms with Gasteiger partial charge in [0.1, 0.15) is 0 Å². The van der Waals surface area contributed by atoms with Crippen LogP contribution in [0.3, 0.4) is 0 Å². The molecule has 14 heavy (non-hydrogen) atoms. The molecule has 5 heteroatoms. The number of hydrogen-bond donors (Lipinski definition) is 2. The number of carbonyl (C=O) groups is 1. The lowest BCUT2D eigenvalue weighted by Gasteiger charge is -2.00. The van der Waals surface area contributed by atoms with Crippen molar-refractivity contribution in [2.75, 3.05) is 12.3 Å². The Bertz CT molecular complexity index is 275. The first-order valence-electron chi connectivity index (χ1n) is 3.76. The summed E-state index contributed by atoms with van der Waals surface area (Å²) < 4.78 is 4.79. The molecule has 0 spiro atoms. The van der Waals surface area contributed by atoms with E-state index in [4.69, 9.17) is 10.5 Å². The summed E-state index contributed by atoms with van der Waals surface area (Å²) in [6.07, 6.45) is 0. The SMILES string of the molecule is CCOC(=O)c1ccc(N)cc1.Cl.N. The zero-order valence-electron chi connectivity index (χ0n) is 8.03. The van der Waals surface area contributed by atoms with Crippen LogP contribution in [-0.2, 0) is 4.74 Å². The Kier molecular flexibility index (Phi) is 7.80. The van der Waals surface area contributed by atoms with E-state index in [1.54, 1.807) is 31.2 Å². The van der Waals surface area contributed by atoms with Crippen LogP contribution >= 0.6 is 12.4 Å². The molecule has 0 fully saturated rings. The second-order valence-corrected chi connectivity index (χ2v) is 2.34. The molecule has 0 amide bonds. The summed E-state index contributed by atoms with van der Waals surface area (Å²) in [5.74, 6) is -0.308. The molecule has 80 valence electrons. The molecule has 1 aromatic carbocycles. The molecule has 1 aromatic rings. The number of benzene rings is 1. The van der Waals surface area contributed by atoms with Gasteiger partial charge in [0, 0.05) is 5.69 Å². The van der Waals surface area contributed by atoms with E-state index in [1.165, 1.54) is 0 Å². The van der Waals surface area contributed by atoms with E-state index in [1.807, 2.05) is 0 Å². The number of halogens is 1. The smallest absolute Gasteiger partial charge is 0.338 e. The van der Waals surface area contributed by atoms with Crippen molar-refractivity contribution in [1.82, 2.24) is 6.15 Å². The quantitative estimate of drug-likeness (QED) is 0.587. The van der Waals surface area contributed by atoms with E-state index >= 15 is 0 Å². The zero-order valence-corrected chi connectivity index (χ0v) is 8.84. The van der Waals surface area contributed by atoms with Crippen molar-refractivity contribution >= 4 is 24.1 Å². The molecule has 0 aliphatic carbocycles. The van der Waals surface area contributed by atoms with Gasteiger partial charge in [-0.15, -0.1) is 12.4 Å². The van der Waals surface area contributed by atoms with Gasteiger partial charge in [-0.2, -0.15) is 0 Å². The van der Waals surface area contributed by atoms with Crippen LogP contribution in [0.5, 0.6) is 0 Å². The van der Waals surface area contributed by atoms with Crippen molar-refractivity contribution in [3.8, 4) is 0 Å². The highest BCUT2D eigenvalue weighted by atomic mass is 35.5. The van der Waals surface area contributed by atoms with Gasteiger partial charge in [-0.25, -0.2) is 4.79 Å². The van der Waals surface area contributed by atoms with E-state index < -0.39 is 0 Å². The average Bonchev–Trinajstić information content (AvgIpc) is 2.06. The van der Waals surface area contributed by atoms with Crippen LogP contribution in [0.25, 0.3) is 0 Å². The maximum absolute atomic E-state index is 11.1. The van der Waals surface area contributed by atoms with Crippen LogP contribution in [0, 0.1) is 0 Å². The molecule has 0 heterocycles. The molecule has 0 aliphatic rings. The van der Waals surface area contributed by atoms with E-state index in [0.29, 0.717) is 17.9 Å². The zero-order chi connectivity index (χ0) is 8.97. The first kappa shape index (κ1) is 15.2. The monoisotopic (exact) mass is 218 g/mol. The predicted molar refractivity (Wildman–Crippen MR) is 59.1 cm³/mol. The lowest BCUT2D eigenvalue weighted by Crippen LogP contribution is -2.04. The molecular formula is C9H15ClN2O2. The summed E-state index contributed by atoms with van der Waals surface area (Å²) >= 11 is 0. The minimum Gasteiger partial charge on any atom is -0.462 e. The third-order valence-corrected chi connectivity index (χ3v) is 1.42. The maximum Gasteiger partial charge on any atom is 0.338 e. The molecule has 0 bridgehead atoms. The van der Waals surface area contributed by atoms with Gasteiger partial charge < -0.3 is 16.6 Å². The maximum atomic E-state index is 11.1. The van der Waals surface area contributed by atoms with Crippen LogP contribution in [0.15, 0.2) is 24.3 Å². The van der Waals surface area contributed by atoms with Gasteiger partial charge in [0.05, 0.1) is 12.2 Å². The minimum atomic E-state index is -0.308. The Labute approximate surface area is 89.4 Å². The highest BCUT2D eigenvalue weighted by Gasteiger charge is 2.03. The van der Waals surface area contributed by atoms with Crippen LogP contribution in [0.4, 0.5) is 5.69 Å². The summed E-state index contributed by atoms with van der Waals surface area (Å²) in [6, 6.07) is 6.64. The molecule has 1 rings (SSSR count). The van der Waals surface area contributed by atoms with E-state index in [0.717, 1.165) is 0 Å². The third-order valence-electron chi connectivity index (χ3n) is 1.42. The Morgan fingerprint density at radius 3 is 2.29 bits per heavy atom. The number of nitrogen functional groups attached to an aromatic ring is 1. The number of hydrogen-bond acceptors (Lipinski definition) is 4. The summed E-state index contributed by atoms with van der Waals surface area (Å²) in [5, 5.41) is 0. The molecule has 0 radical (unpaired) electrons. The van der Waals surface area contributed by atoms with Crippen molar-refractivity contribution in [3.63, 3.8) is 0 Å². The minimum absolute atomic E-state index is 0. The van der Waals surface area contributed by atoms with Gasteiger partial charge in [-0.1, -0.05) is 0 Å². The molecular weight excluding hydrogens is 204 g/mol. The number of esters is 1. The molecule has 0 unspecified atom stereocenters. The number of anilines is 1. The number of ether oxygens (including phenoxy) is 1. The van der Waals surface area contributed by atoms with Gasteiger partial charge in [0.15, 0.2) is 0 Å². The standard InChI is InChI=1S/C9H11NO2.ClH.H3N/c1-2-12-9(11)7-3-5-8(10)6-4-7;;/h3-6H,2,10H2,1H3;1H;1H3. The lowest BCUT2D eigenvalue weighted by molar-refractivity contribution is 0.0526. The van der Waals surface area contributed by atoms with E-state index in [2.05, 4.69) is 0 Å². The summed E-state index contributed by atoms with van der Waals surface area (Å²) in [5.41, 5.74) is 6.62. The van der Waals surface area contributed by atoms with Crippen LogP contribution in [-0.4, -0.2) is 12.6 Å². The highest BCUT2D eigenvalue weighted by Crippen LogP contribution is 2.06. The fourth-order valence-corrected chi connectivity index (χ4v) is 0.834. The topological polar surface area (TPSA) is 87.3 Å². The van der Waals surface area contributed by atoms with Gasteiger partial charge in [0.25, 0.3) is 0 Å². The third kappa shape index (κ3) is 4.11. The summed E-state index contributed by atoms with van der Waals surface area (Å²) in [4.78, 5) is 11.1. The first-order chi connectivity index (χ1) is 5.74. The fourth-order valence-electron chi connectivity index (χ4n) is 0.834. The molecule has 5 N–H and O–H groups in total. The fraction of sp³-hybridized carbons (Fsp3) is 0.222. The molecule has 4 nitrogen and oxygen atoms in total. The molecule has 0 aromatic heterocycles. The van der Waals surface area contributed by atoms with Crippen molar-refractivity contribution < 1.29 is 9.53 Å². The Morgan fingerprint density at radius 2 is 1.86 bits per heavy atom. The second-order valence-electron chi connectivity index (χ2n) is 2.34. The average molecular weight is 219 g/mol. The second kappa shape index (κ2) is 7.17. The Balaban J connectivity index is 0. The van der Waals surface area contributed by atoms with Crippen LogP contribution < -0.4 is 11.9 Å². The van der Waals surface area contributed by atoms with Gasteiger partial charge in [-0.3, -0.25) is 0 Å². The number of carbonyl (C=O) groups excluding carboxylic acids is 1. The predicted octanol–water partition coefficient (Wildman–Crippen LogP) is 2.03. The molecule has 0 atom stereocenters. The van der Waals surface area contributed by atoms with Gasteiger partial charge in [-0.05, 0) is 31.2 Å². The summed E-state index contributed by atoms with van der Waals surface area (Å²) in [6.45, 7) is 2.17. The lowest BCUT2D eigenvalue weighted by atomic mass is 10.2. The van der Waals surface area contributed by atoms with Crippen molar-refractivity contribution in [2.45, 2.75) is 6.92 Å². The van der Waals surface area contributed by atoms with Crippen LogP contribution in [0.2, 0.25) is 0 Å².